The van der Waals surface area contributed by atoms with Crippen molar-refractivity contribution in [3.63, 3.8) is 0 Å². The number of hydrogen-bond acceptors (Lipinski definition) is 6. The van der Waals surface area contributed by atoms with E-state index in [1.807, 2.05) is 37.3 Å². The molecule has 222 valence electrons. The Hall–Kier alpha value is -4.15. The molecule has 0 heterocycles. The van der Waals surface area contributed by atoms with Gasteiger partial charge in [-0.25, -0.2) is 4.99 Å². The number of carbonyl (C=O) groups is 1. The summed E-state index contributed by atoms with van der Waals surface area (Å²) in [6, 6.07) is 21.5. The first kappa shape index (κ1) is 30.8. The summed E-state index contributed by atoms with van der Waals surface area (Å²) in [5.74, 6) is 0.583. The van der Waals surface area contributed by atoms with Gasteiger partial charge in [-0.3, -0.25) is 4.79 Å². The summed E-state index contributed by atoms with van der Waals surface area (Å²) in [5, 5.41) is 6.32. The molecule has 0 saturated heterocycles. The number of nitrogens with one attached hydrogen (secondary N) is 2. The van der Waals surface area contributed by atoms with E-state index in [2.05, 4.69) is 15.6 Å². The molecule has 0 aromatic heterocycles. The number of halogens is 3. The number of rotatable bonds is 13. The summed E-state index contributed by atoms with van der Waals surface area (Å²) in [5.41, 5.74) is 12.3. The van der Waals surface area contributed by atoms with Crippen molar-refractivity contribution in [2.45, 2.75) is 44.9 Å². The summed E-state index contributed by atoms with van der Waals surface area (Å²) in [7, 11) is 0. The van der Waals surface area contributed by atoms with E-state index in [4.69, 9.17) is 16.2 Å². The molecule has 0 aliphatic heterocycles. The van der Waals surface area contributed by atoms with E-state index in [9.17, 15) is 18.0 Å². The minimum atomic E-state index is -4.82. The number of nitrogens with two attached hydrogens (primary N) is 2. The number of allylic oxidation sites excluding steroid dienone is 1. The van der Waals surface area contributed by atoms with Crippen LogP contribution in [0, 0.1) is 5.92 Å². The maximum absolute atomic E-state index is 13.3. The van der Waals surface area contributed by atoms with Crippen LogP contribution in [0.1, 0.15) is 48.9 Å². The fourth-order valence-electron chi connectivity index (χ4n) is 4.27. The fraction of sp³-hybridized carbons (Fsp3) is 0.312. The van der Waals surface area contributed by atoms with Crippen molar-refractivity contribution < 1.29 is 22.7 Å². The van der Waals surface area contributed by atoms with Crippen LogP contribution in [0.5, 0.6) is 5.75 Å². The number of ether oxygens (including phenoxy) is 1. The highest BCUT2D eigenvalue weighted by atomic mass is 19.4. The monoisotopic (exact) mass is 579 g/mol. The molecule has 1 amide bonds. The van der Waals surface area contributed by atoms with Gasteiger partial charge in [-0.1, -0.05) is 43.3 Å². The third-order valence-electron chi connectivity index (χ3n) is 6.72. The predicted octanol–water partition coefficient (Wildman–Crippen LogP) is 6.14. The van der Waals surface area contributed by atoms with Gasteiger partial charge in [-0.05, 0) is 90.9 Å². The first-order valence-electron chi connectivity index (χ1n) is 14.0. The molecule has 0 bridgehead atoms. The summed E-state index contributed by atoms with van der Waals surface area (Å²) >= 11 is 0. The predicted molar refractivity (Wildman–Crippen MR) is 160 cm³/mol. The molecule has 1 unspecified atom stereocenters. The molecule has 3 aromatic rings. The van der Waals surface area contributed by atoms with Crippen LogP contribution in [0.25, 0.3) is 0 Å². The zero-order chi connectivity index (χ0) is 30.1. The molecule has 0 radical (unpaired) electrons. The quantitative estimate of drug-likeness (QED) is 0.182. The number of carbonyl (C=O) groups excluding carboxylic acids is 1. The largest absolute Gasteiger partial charge is 0.494 e. The third kappa shape index (κ3) is 8.92. The molecule has 10 heteroatoms. The second kappa shape index (κ2) is 14.2. The standard InChI is InChI=1S/C32H36F3N5O2/c1-2-15-42-27-13-11-23(12-14-27)30(38-20-21-9-10-21)24-6-4-8-26(17-24)40-31(41)28(18-29(37)32(33,34)35)39-25-7-3-5-22(16-25)19-36/h3-8,11-14,16-18,21,30,38H,2,9-10,15,19-20,36-37H2,1H3,(H,40,41). The minimum Gasteiger partial charge on any atom is -0.494 e. The maximum atomic E-state index is 13.3. The number of amides is 1. The van der Waals surface area contributed by atoms with E-state index < -0.39 is 23.5 Å². The van der Waals surface area contributed by atoms with Crippen molar-refractivity contribution in [3.8, 4) is 5.75 Å². The molecular formula is C32H36F3N5O2. The van der Waals surface area contributed by atoms with Crippen molar-refractivity contribution in [2.75, 3.05) is 18.5 Å². The topological polar surface area (TPSA) is 115 Å². The van der Waals surface area contributed by atoms with Gasteiger partial charge in [-0.2, -0.15) is 13.2 Å². The number of hydrogen-bond donors (Lipinski definition) is 4. The second-order valence-corrected chi connectivity index (χ2v) is 10.3. The normalized spacial score (nSPS) is 14.9. The summed E-state index contributed by atoms with van der Waals surface area (Å²) in [4.78, 5) is 17.4. The smallest absolute Gasteiger partial charge is 0.430 e. The van der Waals surface area contributed by atoms with E-state index in [-0.39, 0.29) is 18.3 Å². The molecule has 1 aliphatic carbocycles. The van der Waals surface area contributed by atoms with Crippen molar-refractivity contribution in [2.24, 2.45) is 22.4 Å². The van der Waals surface area contributed by atoms with Gasteiger partial charge in [0.05, 0.1) is 18.3 Å². The van der Waals surface area contributed by atoms with E-state index >= 15 is 0 Å². The SMILES string of the molecule is CCCOc1ccc(C(NCC2CC2)c2cccc(NC(=O)C(C=C(N)C(F)(F)F)=Nc3cccc(CN)c3)c2)cc1. The average molecular weight is 580 g/mol. The lowest BCUT2D eigenvalue weighted by molar-refractivity contribution is -0.110. The van der Waals surface area contributed by atoms with Crippen LogP contribution in [0.3, 0.4) is 0 Å². The molecule has 4 rings (SSSR count). The Morgan fingerprint density at radius 2 is 1.81 bits per heavy atom. The second-order valence-electron chi connectivity index (χ2n) is 10.3. The Kier molecular flexibility index (Phi) is 10.4. The van der Waals surface area contributed by atoms with E-state index in [1.54, 1.807) is 42.5 Å². The van der Waals surface area contributed by atoms with Crippen LogP contribution in [0.15, 0.2) is 89.6 Å². The van der Waals surface area contributed by atoms with E-state index in [1.165, 1.54) is 12.8 Å². The van der Waals surface area contributed by atoms with Gasteiger partial charge in [0, 0.05) is 12.2 Å². The Labute approximate surface area is 243 Å². The first-order valence-corrected chi connectivity index (χ1v) is 14.0. The molecule has 6 N–H and O–H groups in total. The highest BCUT2D eigenvalue weighted by molar-refractivity contribution is 6.47. The number of alkyl halides is 3. The van der Waals surface area contributed by atoms with Gasteiger partial charge in [-0.15, -0.1) is 0 Å². The van der Waals surface area contributed by atoms with Crippen molar-refractivity contribution in [1.29, 1.82) is 0 Å². The number of aliphatic imine (C=N–C) groups is 1. The van der Waals surface area contributed by atoms with Gasteiger partial charge in [0.25, 0.3) is 5.91 Å². The lowest BCUT2D eigenvalue weighted by Crippen LogP contribution is -2.27. The van der Waals surface area contributed by atoms with Crippen LogP contribution in [0.4, 0.5) is 24.5 Å². The average Bonchev–Trinajstić information content (AvgIpc) is 3.81. The van der Waals surface area contributed by atoms with Gasteiger partial charge in [0.2, 0.25) is 0 Å². The molecular weight excluding hydrogens is 543 g/mol. The van der Waals surface area contributed by atoms with Crippen molar-refractivity contribution in [1.82, 2.24) is 5.32 Å². The van der Waals surface area contributed by atoms with Gasteiger partial charge in [0.15, 0.2) is 0 Å². The van der Waals surface area contributed by atoms with Gasteiger partial charge < -0.3 is 26.8 Å². The Morgan fingerprint density at radius 3 is 2.48 bits per heavy atom. The van der Waals surface area contributed by atoms with E-state index in [0.29, 0.717) is 29.9 Å². The molecule has 1 aliphatic rings. The van der Waals surface area contributed by atoms with Crippen LogP contribution >= 0.6 is 0 Å². The lowest BCUT2D eigenvalue weighted by Gasteiger charge is -2.21. The maximum Gasteiger partial charge on any atom is 0.430 e. The van der Waals surface area contributed by atoms with Gasteiger partial charge >= 0.3 is 6.18 Å². The van der Waals surface area contributed by atoms with Crippen LogP contribution < -0.4 is 26.8 Å². The minimum absolute atomic E-state index is 0.171. The Balaban J connectivity index is 1.61. The fourth-order valence-corrected chi connectivity index (χ4v) is 4.27. The molecule has 1 saturated carbocycles. The van der Waals surface area contributed by atoms with Crippen molar-refractivity contribution in [3.05, 3.63) is 101 Å². The highest BCUT2D eigenvalue weighted by Crippen LogP contribution is 2.31. The summed E-state index contributed by atoms with van der Waals surface area (Å²) < 4.78 is 45.5. The van der Waals surface area contributed by atoms with Gasteiger partial charge in [0.1, 0.15) is 17.2 Å². The van der Waals surface area contributed by atoms with Crippen molar-refractivity contribution >= 4 is 23.0 Å². The molecule has 1 fully saturated rings. The van der Waals surface area contributed by atoms with Crippen LogP contribution in [0.2, 0.25) is 0 Å². The first-order chi connectivity index (χ1) is 20.2. The molecule has 0 spiro atoms. The molecule has 1 atom stereocenters. The lowest BCUT2D eigenvalue weighted by atomic mass is 9.97. The Morgan fingerprint density at radius 1 is 1.07 bits per heavy atom. The van der Waals surface area contributed by atoms with E-state index in [0.717, 1.165) is 29.8 Å². The zero-order valence-corrected chi connectivity index (χ0v) is 23.5. The molecule has 3 aromatic carbocycles. The zero-order valence-electron chi connectivity index (χ0n) is 23.5. The summed E-state index contributed by atoms with van der Waals surface area (Å²) in [6.07, 6.45) is -1.000. The highest BCUT2D eigenvalue weighted by Gasteiger charge is 2.32. The third-order valence-corrected chi connectivity index (χ3v) is 6.72. The number of benzene rings is 3. The Bertz CT molecular complexity index is 1420. The molecule has 7 nitrogen and oxygen atoms in total. The molecule has 42 heavy (non-hydrogen) atoms. The van der Waals surface area contributed by atoms with Crippen LogP contribution in [-0.2, 0) is 11.3 Å². The summed E-state index contributed by atoms with van der Waals surface area (Å²) in [6.45, 7) is 3.74. The van der Waals surface area contributed by atoms with Crippen LogP contribution in [-0.4, -0.2) is 30.9 Å². The number of nitrogens with zero attached hydrogens (tertiary/aromatic N) is 1. The number of anilines is 1.